The molecule has 1 saturated heterocycles. The number of carbonyl (C=O) groups is 1. The molecule has 86 valence electrons. The van der Waals surface area contributed by atoms with Crippen LogP contribution in [0.4, 0.5) is 0 Å². The van der Waals surface area contributed by atoms with Crippen molar-refractivity contribution in [2.45, 2.75) is 5.92 Å². The van der Waals surface area contributed by atoms with Gasteiger partial charge in [0, 0.05) is 24.0 Å². The molecule has 0 bridgehead atoms. The Bertz CT molecular complexity index is 377. The first-order valence-corrected chi connectivity index (χ1v) is 5.64. The maximum absolute atomic E-state index is 11.6. The third kappa shape index (κ3) is 2.20. The minimum atomic E-state index is -0.148. The van der Waals surface area contributed by atoms with Crippen molar-refractivity contribution in [1.29, 1.82) is 0 Å². The molecule has 4 heteroatoms. The zero-order valence-electron chi connectivity index (χ0n) is 9.07. The molecular weight excluding hydrogens is 226 g/mol. The van der Waals surface area contributed by atoms with Crippen LogP contribution in [0.1, 0.15) is 11.5 Å². The van der Waals surface area contributed by atoms with Crippen LogP contribution >= 0.6 is 11.6 Å². The van der Waals surface area contributed by atoms with Crippen LogP contribution < -0.4 is 5.32 Å². The van der Waals surface area contributed by atoms with Gasteiger partial charge in [-0.25, -0.2) is 0 Å². The van der Waals surface area contributed by atoms with Crippen molar-refractivity contribution in [1.82, 2.24) is 5.32 Å². The number of hydrogen-bond acceptors (Lipinski definition) is 3. The summed E-state index contributed by atoms with van der Waals surface area (Å²) in [5.74, 6) is -0.0548. The number of ether oxygens (including phenoxy) is 1. The molecule has 2 rings (SSSR count). The van der Waals surface area contributed by atoms with Crippen LogP contribution in [0, 0.1) is 5.92 Å². The van der Waals surface area contributed by atoms with Crippen LogP contribution in [0.15, 0.2) is 24.3 Å². The van der Waals surface area contributed by atoms with E-state index in [4.69, 9.17) is 16.3 Å². The summed E-state index contributed by atoms with van der Waals surface area (Å²) in [6.07, 6.45) is 0. The topological polar surface area (TPSA) is 38.3 Å². The molecule has 1 aliphatic heterocycles. The predicted molar refractivity (Wildman–Crippen MR) is 62.6 cm³/mol. The highest BCUT2D eigenvalue weighted by molar-refractivity contribution is 6.30. The molecule has 1 aromatic carbocycles. The second kappa shape index (κ2) is 4.85. The molecule has 1 heterocycles. The minimum Gasteiger partial charge on any atom is -0.469 e. The average Bonchev–Trinajstić information content (AvgIpc) is 2.78. The highest BCUT2D eigenvalue weighted by Crippen LogP contribution is 2.29. The molecule has 1 fully saturated rings. The first-order chi connectivity index (χ1) is 7.72. The number of benzene rings is 1. The van der Waals surface area contributed by atoms with Crippen molar-refractivity contribution < 1.29 is 9.53 Å². The Morgan fingerprint density at radius 1 is 1.38 bits per heavy atom. The van der Waals surface area contributed by atoms with Gasteiger partial charge in [-0.1, -0.05) is 23.7 Å². The van der Waals surface area contributed by atoms with Crippen molar-refractivity contribution in [3.8, 4) is 0 Å². The molecule has 1 N–H and O–H groups in total. The fourth-order valence-corrected chi connectivity index (χ4v) is 2.26. The van der Waals surface area contributed by atoms with Crippen LogP contribution in [-0.2, 0) is 9.53 Å². The van der Waals surface area contributed by atoms with Crippen LogP contribution in [0.3, 0.4) is 0 Å². The number of nitrogens with one attached hydrogen (secondary N) is 1. The Balaban J connectivity index is 2.19. The van der Waals surface area contributed by atoms with Crippen LogP contribution in [0.25, 0.3) is 0 Å². The largest absolute Gasteiger partial charge is 0.469 e. The summed E-state index contributed by atoms with van der Waals surface area (Å²) < 4.78 is 4.80. The summed E-state index contributed by atoms with van der Waals surface area (Å²) in [4.78, 5) is 11.6. The normalized spacial score (nSPS) is 24.4. The molecule has 1 aromatic rings. The molecule has 0 unspecified atom stereocenters. The van der Waals surface area contributed by atoms with E-state index in [1.54, 1.807) is 0 Å². The van der Waals surface area contributed by atoms with Crippen LogP contribution in [0.5, 0.6) is 0 Å². The van der Waals surface area contributed by atoms with Crippen LogP contribution in [0.2, 0.25) is 5.02 Å². The summed E-state index contributed by atoms with van der Waals surface area (Å²) in [6, 6.07) is 7.64. The lowest BCUT2D eigenvalue weighted by molar-refractivity contribution is -0.145. The van der Waals surface area contributed by atoms with Gasteiger partial charge in [0.2, 0.25) is 0 Å². The van der Waals surface area contributed by atoms with Crippen molar-refractivity contribution >= 4 is 17.6 Å². The zero-order valence-corrected chi connectivity index (χ0v) is 9.83. The van der Waals surface area contributed by atoms with Crippen molar-refractivity contribution in [3.05, 3.63) is 34.9 Å². The lowest BCUT2D eigenvalue weighted by Gasteiger charge is -2.16. The van der Waals surface area contributed by atoms with E-state index >= 15 is 0 Å². The van der Waals surface area contributed by atoms with E-state index in [-0.39, 0.29) is 17.8 Å². The quantitative estimate of drug-likeness (QED) is 0.800. The molecule has 0 amide bonds. The summed E-state index contributed by atoms with van der Waals surface area (Å²) in [7, 11) is 1.43. The SMILES string of the molecule is COC(=O)[C@@H]1CNC[C@@H]1c1ccc(Cl)cc1. The lowest BCUT2D eigenvalue weighted by atomic mass is 9.89. The second-order valence-electron chi connectivity index (χ2n) is 3.95. The third-order valence-corrected chi connectivity index (χ3v) is 3.27. The Hall–Kier alpha value is -1.06. The Kier molecular flexibility index (Phi) is 3.46. The van der Waals surface area contributed by atoms with Crippen molar-refractivity contribution in [2.75, 3.05) is 20.2 Å². The number of esters is 1. The lowest BCUT2D eigenvalue weighted by Crippen LogP contribution is -2.22. The van der Waals surface area contributed by atoms with Gasteiger partial charge in [-0.15, -0.1) is 0 Å². The molecule has 3 nitrogen and oxygen atoms in total. The van der Waals surface area contributed by atoms with Crippen LogP contribution in [-0.4, -0.2) is 26.2 Å². The number of hydrogen-bond donors (Lipinski definition) is 1. The van der Waals surface area contributed by atoms with E-state index in [1.165, 1.54) is 7.11 Å². The van der Waals surface area contributed by atoms with Gasteiger partial charge in [0.1, 0.15) is 0 Å². The first-order valence-electron chi connectivity index (χ1n) is 5.26. The molecule has 0 spiro atoms. The molecule has 0 aromatic heterocycles. The Morgan fingerprint density at radius 2 is 2.06 bits per heavy atom. The molecule has 0 aliphatic carbocycles. The van der Waals surface area contributed by atoms with Gasteiger partial charge in [-0.2, -0.15) is 0 Å². The first kappa shape index (κ1) is 11.4. The molecular formula is C12H14ClNO2. The smallest absolute Gasteiger partial charge is 0.310 e. The van der Waals surface area contributed by atoms with Gasteiger partial charge in [0.05, 0.1) is 13.0 Å². The predicted octanol–water partition coefficient (Wildman–Crippen LogP) is 1.82. The summed E-state index contributed by atoms with van der Waals surface area (Å²) in [6.45, 7) is 1.49. The Morgan fingerprint density at radius 3 is 2.69 bits per heavy atom. The molecule has 0 saturated carbocycles. The summed E-state index contributed by atoms with van der Waals surface area (Å²) in [5.41, 5.74) is 1.13. The monoisotopic (exact) mass is 239 g/mol. The van der Waals surface area contributed by atoms with Gasteiger partial charge in [-0.05, 0) is 17.7 Å². The van der Waals surface area contributed by atoms with Crippen molar-refractivity contribution in [2.24, 2.45) is 5.92 Å². The minimum absolute atomic E-state index is 0.0915. The molecule has 0 radical (unpaired) electrons. The third-order valence-electron chi connectivity index (χ3n) is 3.02. The number of methoxy groups -OCH3 is 1. The van der Waals surface area contributed by atoms with Gasteiger partial charge in [0.15, 0.2) is 0 Å². The van der Waals surface area contributed by atoms with Crippen molar-refractivity contribution in [3.63, 3.8) is 0 Å². The zero-order chi connectivity index (χ0) is 11.5. The van der Waals surface area contributed by atoms with E-state index in [0.717, 1.165) is 12.1 Å². The van der Waals surface area contributed by atoms with Gasteiger partial charge >= 0.3 is 5.97 Å². The number of rotatable bonds is 2. The van der Waals surface area contributed by atoms with E-state index < -0.39 is 0 Å². The van der Waals surface area contributed by atoms with Gasteiger partial charge < -0.3 is 10.1 Å². The van der Waals surface area contributed by atoms with E-state index in [1.807, 2.05) is 24.3 Å². The standard InChI is InChI=1S/C12H14ClNO2/c1-16-12(15)11-7-14-6-10(11)8-2-4-9(13)5-3-8/h2-5,10-11,14H,6-7H2,1H3/t10-,11-/m1/s1. The molecule has 2 atom stereocenters. The Labute approximate surface area is 99.7 Å². The van der Waals surface area contributed by atoms with E-state index in [0.29, 0.717) is 11.6 Å². The van der Waals surface area contributed by atoms with Gasteiger partial charge in [0.25, 0.3) is 0 Å². The summed E-state index contributed by atoms with van der Waals surface area (Å²) in [5, 5.41) is 3.93. The average molecular weight is 240 g/mol. The highest BCUT2D eigenvalue weighted by atomic mass is 35.5. The number of carbonyl (C=O) groups excluding carboxylic acids is 1. The maximum Gasteiger partial charge on any atom is 0.310 e. The van der Waals surface area contributed by atoms with Gasteiger partial charge in [-0.3, -0.25) is 4.79 Å². The van der Waals surface area contributed by atoms with E-state index in [9.17, 15) is 4.79 Å². The fourth-order valence-electron chi connectivity index (χ4n) is 2.14. The fraction of sp³-hybridized carbons (Fsp3) is 0.417. The maximum atomic E-state index is 11.6. The summed E-state index contributed by atoms with van der Waals surface area (Å²) >= 11 is 5.84. The molecule has 16 heavy (non-hydrogen) atoms. The highest BCUT2D eigenvalue weighted by Gasteiger charge is 2.34. The van der Waals surface area contributed by atoms with E-state index in [2.05, 4.69) is 5.32 Å². The second-order valence-corrected chi connectivity index (χ2v) is 4.38. The molecule has 1 aliphatic rings. The number of halogens is 1.